The van der Waals surface area contributed by atoms with Crippen LogP contribution in [0, 0.1) is 6.92 Å². The minimum absolute atomic E-state index is 0.135. The number of aldehydes is 1. The summed E-state index contributed by atoms with van der Waals surface area (Å²) in [5.74, 6) is 0.295. The van der Waals surface area contributed by atoms with Crippen molar-refractivity contribution in [3.8, 4) is 22.6 Å². The van der Waals surface area contributed by atoms with E-state index in [1.54, 1.807) is 31.2 Å². The van der Waals surface area contributed by atoms with Gasteiger partial charge in [-0.1, -0.05) is 36.4 Å². The number of carbonyl (C=O) groups excluding carboxylic acids is 2. The SMILES string of the molecule is COC(=O)c1nc(C)ccc1-c1cc(OC)c(OCc2ccccc2)cc1C=O. The molecule has 148 valence electrons. The molecular formula is C23H21NO5. The van der Waals surface area contributed by atoms with Gasteiger partial charge in [0.25, 0.3) is 0 Å². The minimum atomic E-state index is -0.580. The monoisotopic (exact) mass is 391 g/mol. The molecule has 1 aromatic heterocycles. The van der Waals surface area contributed by atoms with E-state index in [2.05, 4.69) is 4.98 Å². The zero-order valence-electron chi connectivity index (χ0n) is 16.5. The van der Waals surface area contributed by atoms with Crippen LogP contribution < -0.4 is 9.47 Å². The van der Waals surface area contributed by atoms with Crippen LogP contribution in [0.3, 0.4) is 0 Å². The van der Waals surface area contributed by atoms with Gasteiger partial charge in [0.1, 0.15) is 6.61 Å². The summed E-state index contributed by atoms with van der Waals surface area (Å²) in [4.78, 5) is 28.3. The average Bonchev–Trinajstić information content (AvgIpc) is 2.77. The molecule has 0 saturated carbocycles. The summed E-state index contributed by atoms with van der Waals surface area (Å²) in [5, 5.41) is 0. The number of rotatable bonds is 7. The molecule has 0 amide bonds. The first-order chi connectivity index (χ1) is 14.1. The summed E-state index contributed by atoms with van der Waals surface area (Å²) in [6, 6.07) is 16.4. The Balaban J connectivity index is 2.05. The van der Waals surface area contributed by atoms with E-state index in [9.17, 15) is 9.59 Å². The van der Waals surface area contributed by atoms with Crippen LogP contribution in [0.2, 0.25) is 0 Å². The fourth-order valence-corrected chi connectivity index (χ4v) is 2.94. The summed E-state index contributed by atoms with van der Waals surface area (Å²) >= 11 is 0. The Morgan fingerprint density at radius 2 is 1.76 bits per heavy atom. The summed E-state index contributed by atoms with van der Waals surface area (Å²) in [6.45, 7) is 2.10. The van der Waals surface area contributed by atoms with E-state index in [0.29, 0.717) is 46.8 Å². The number of nitrogens with zero attached hydrogens (tertiary/aromatic N) is 1. The van der Waals surface area contributed by atoms with Crippen molar-refractivity contribution in [2.24, 2.45) is 0 Å². The number of carbonyl (C=O) groups is 2. The lowest BCUT2D eigenvalue weighted by Crippen LogP contribution is -2.08. The highest BCUT2D eigenvalue weighted by Crippen LogP contribution is 2.37. The fraction of sp³-hybridized carbons (Fsp3) is 0.174. The van der Waals surface area contributed by atoms with Crippen LogP contribution in [0.25, 0.3) is 11.1 Å². The summed E-state index contributed by atoms with van der Waals surface area (Å²) in [6.07, 6.45) is 0.713. The van der Waals surface area contributed by atoms with Crippen molar-refractivity contribution in [3.05, 3.63) is 77.1 Å². The van der Waals surface area contributed by atoms with Gasteiger partial charge in [-0.2, -0.15) is 0 Å². The van der Waals surface area contributed by atoms with Gasteiger partial charge in [-0.15, -0.1) is 0 Å². The number of pyridine rings is 1. The van der Waals surface area contributed by atoms with E-state index < -0.39 is 5.97 Å². The van der Waals surface area contributed by atoms with Crippen LogP contribution in [0.1, 0.15) is 32.1 Å². The Morgan fingerprint density at radius 3 is 2.41 bits per heavy atom. The Kier molecular flexibility index (Phi) is 6.24. The highest BCUT2D eigenvalue weighted by molar-refractivity contribution is 5.99. The number of hydrogen-bond donors (Lipinski definition) is 0. The standard InChI is InChI=1S/C23H21NO5/c1-15-9-10-18(22(24-15)23(26)28-3)19-12-20(27-2)21(11-17(19)13-25)29-14-16-7-5-4-6-8-16/h4-13H,14H2,1-3H3. The van der Waals surface area contributed by atoms with Gasteiger partial charge < -0.3 is 14.2 Å². The third kappa shape index (κ3) is 4.43. The molecule has 6 heteroatoms. The normalized spacial score (nSPS) is 10.3. The number of benzene rings is 2. The Labute approximate surface area is 169 Å². The van der Waals surface area contributed by atoms with Crippen molar-refractivity contribution in [1.82, 2.24) is 4.98 Å². The zero-order chi connectivity index (χ0) is 20.8. The van der Waals surface area contributed by atoms with Crippen LogP contribution in [0.15, 0.2) is 54.6 Å². The smallest absolute Gasteiger partial charge is 0.357 e. The van der Waals surface area contributed by atoms with Gasteiger partial charge in [0.2, 0.25) is 0 Å². The molecule has 0 N–H and O–H groups in total. The molecule has 0 aliphatic heterocycles. The number of aryl methyl sites for hydroxylation is 1. The maximum Gasteiger partial charge on any atom is 0.357 e. The van der Waals surface area contributed by atoms with E-state index in [-0.39, 0.29) is 5.69 Å². The molecule has 29 heavy (non-hydrogen) atoms. The molecule has 0 fully saturated rings. The Bertz CT molecular complexity index is 1030. The molecule has 0 radical (unpaired) electrons. The second-order valence-electron chi connectivity index (χ2n) is 6.32. The lowest BCUT2D eigenvalue weighted by Gasteiger charge is -2.16. The van der Waals surface area contributed by atoms with Gasteiger partial charge in [-0.3, -0.25) is 4.79 Å². The predicted octanol–water partition coefficient (Wildman–Crippen LogP) is 4.24. The van der Waals surface area contributed by atoms with Crippen LogP contribution in [-0.4, -0.2) is 31.5 Å². The first-order valence-electron chi connectivity index (χ1n) is 8.97. The molecule has 2 aromatic carbocycles. The van der Waals surface area contributed by atoms with Gasteiger partial charge in [0.15, 0.2) is 23.5 Å². The van der Waals surface area contributed by atoms with Gasteiger partial charge in [-0.25, -0.2) is 9.78 Å². The van der Waals surface area contributed by atoms with E-state index in [4.69, 9.17) is 14.2 Å². The van der Waals surface area contributed by atoms with Crippen molar-refractivity contribution in [2.45, 2.75) is 13.5 Å². The molecule has 0 atom stereocenters. The highest BCUT2D eigenvalue weighted by atomic mass is 16.5. The summed E-state index contributed by atoms with van der Waals surface area (Å²) < 4.78 is 16.2. The minimum Gasteiger partial charge on any atom is -0.493 e. The molecule has 0 aliphatic carbocycles. The second-order valence-corrected chi connectivity index (χ2v) is 6.32. The van der Waals surface area contributed by atoms with E-state index in [1.165, 1.54) is 14.2 Å². The van der Waals surface area contributed by atoms with Crippen LogP contribution >= 0.6 is 0 Å². The number of aromatic nitrogens is 1. The van der Waals surface area contributed by atoms with Crippen LogP contribution in [-0.2, 0) is 11.3 Å². The zero-order valence-corrected chi connectivity index (χ0v) is 16.5. The first kappa shape index (κ1) is 20.1. The molecule has 6 nitrogen and oxygen atoms in total. The Hall–Kier alpha value is -3.67. The quantitative estimate of drug-likeness (QED) is 0.443. The molecule has 0 bridgehead atoms. The molecule has 1 heterocycles. The van der Waals surface area contributed by atoms with Crippen molar-refractivity contribution in [3.63, 3.8) is 0 Å². The van der Waals surface area contributed by atoms with E-state index >= 15 is 0 Å². The topological polar surface area (TPSA) is 74.7 Å². The van der Waals surface area contributed by atoms with Gasteiger partial charge in [-0.05, 0) is 36.2 Å². The molecule has 0 aliphatic rings. The molecule has 3 aromatic rings. The lowest BCUT2D eigenvalue weighted by molar-refractivity contribution is 0.0594. The third-order valence-corrected chi connectivity index (χ3v) is 4.40. The van der Waals surface area contributed by atoms with Crippen molar-refractivity contribution < 1.29 is 23.8 Å². The highest BCUT2D eigenvalue weighted by Gasteiger charge is 2.20. The second kappa shape index (κ2) is 9.01. The molecular weight excluding hydrogens is 370 g/mol. The number of ether oxygens (including phenoxy) is 3. The van der Waals surface area contributed by atoms with E-state index in [0.717, 1.165) is 5.56 Å². The molecule has 0 spiro atoms. The number of hydrogen-bond acceptors (Lipinski definition) is 6. The van der Waals surface area contributed by atoms with Gasteiger partial charge in [0.05, 0.1) is 14.2 Å². The predicted molar refractivity (Wildman–Crippen MR) is 108 cm³/mol. The van der Waals surface area contributed by atoms with Crippen molar-refractivity contribution >= 4 is 12.3 Å². The van der Waals surface area contributed by atoms with Gasteiger partial charge in [0, 0.05) is 16.8 Å². The first-order valence-corrected chi connectivity index (χ1v) is 8.97. The summed E-state index contributed by atoms with van der Waals surface area (Å²) in [7, 11) is 2.81. The van der Waals surface area contributed by atoms with E-state index in [1.807, 2.05) is 30.3 Å². The van der Waals surface area contributed by atoms with Crippen LogP contribution in [0.4, 0.5) is 0 Å². The molecule has 3 rings (SSSR count). The van der Waals surface area contributed by atoms with Crippen molar-refractivity contribution in [2.75, 3.05) is 14.2 Å². The maximum atomic E-state index is 12.2. The average molecular weight is 391 g/mol. The van der Waals surface area contributed by atoms with Crippen molar-refractivity contribution in [1.29, 1.82) is 0 Å². The number of methoxy groups -OCH3 is 2. The third-order valence-electron chi connectivity index (χ3n) is 4.40. The summed E-state index contributed by atoms with van der Waals surface area (Å²) in [5.41, 5.74) is 3.13. The van der Waals surface area contributed by atoms with Gasteiger partial charge >= 0.3 is 5.97 Å². The molecule has 0 unspecified atom stereocenters. The molecule has 0 saturated heterocycles. The number of esters is 1. The Morgan fingerprint density at radius 1 is 1.00 bits per heavy atom. The lowest BCUT2D eigenvalue weighted by atomic mass is 9.97. The maximum absolute atomic E-state index is 12.2. The van der Waals surface area contributed by atoms with Crippen LogP contribution in [0.5, 0.6) is 11.5 Å². The largest absolute Gasteiger partial charge is 0.493 e. The fourth-order valence-electron chi connectivity index (χ4n) is 2.94.